The Morgan fingerprint density at radius 2 is 2.00 bits per heavy atom. The van der Waals surface area contributed by atoms with Crippen molar-refractivity contribution in [3.63, 3.8) is 0 Å². The number of nitrogens with two attached hydrogens (primary N) is 2. The first-order chi connectivity index (χ1) is 8.69. The van der Waals surface area contributed by atoms with Crippen LogP contribution in [0.15, 0.2) is 36.5 Å². The summed E-state index contributed by atoms with van der Waals surface area (Å²) in [7, 11) is 0. The van der Waals surface area contributed by atoms with Crippen LogP contribution in [-0.2, 0) is 0 Å². The van der Waals surface area contributed by atoms with Crippen LogP contribution in [0.3, 0.4) is 0 Å². The number of nitrogens with zero attached hydrogens (tertiary/aromatic N) is 2. The zero-order valence-electron chi connectivity index (χ0n) is 10.1. The molecule has 92 valence electrons. The minimum Gasteiger partial charge on any atom is -0.404 e. The molecule has 0 unspecified atom stereocenters. The average molecular weight is 241 g/mol. The molecule has 1 aromatic heterocycles. The SMILES string of the molecule is Cc1c(/C(C=N)=C/N)nn(-c2ccccc2)c1N. The predicted molar refractivity (Wildman–Crippen MR) is 73.7 cm³/mol. The van der Waals surface area contributed by atoms with E-state index in [1.807, 2.05) is 37.3 Å². The second-order valence-electron chi connectivity index (χ2n) is 3.87. The fraction of sp³-hybridized carbons (Fsp3) is 0.0769. The van der Waals surface area contributed by atoms with Crippen LogP contribution in [0, 0.1) is 12.3 Å². The van der Waals surface area contributed by atoms with Gasteiger partial charge in [0, 0.05) is 23.6 Å². The molecule has 0 aliphatic carbocycles. The molecule has 5 N–H and O–H groups in total. The number of hydrogen-bond acceptors (Lipinski definition) is 4. The molecule has 0 saturated heterocycles. The second kappa shape index (κ2) is 4.75. The van der Waals surface area contributed by atoms with Gasteiger partial charge in [-0.15, -0.1) is 0 Å². The maximum atomic E-state index is 7.32. The first-order valence-electron chi connectivity index (χ1n) is 5.52. The van der Waals surface area contributed by atoms with Crippen molar-refractivity contribution in [2.24, 2.45) is 5.73 Å². The number of para-hydroxylation sites is 1. The lowest BCUT2D eigenvalue weighted by atomic mass is 10.1. The lowest BCUT2D eigenvalue weighted by Crippen LogP contribution is -2.02. The van der Waals surface area contributed by atoms with Gasteiger partial charge in [0.15, 0.2) is 0 Å². The Kier molecular flexibility index (Phi) is 3.14. The molecule has 0 aliphatic rings. The van der Waals surface area contributed by atoms with Gasteiger partial charge in [-0.3, -0.25) is 0 Å². The van der Waals surface area contributed by atoms with E-state index in [4.69, 9.17) is 16.9 Å². The zero-order chi connectivity index (χ0) is 13.1. The van der Waals surface area contributed by atoms with E-state index in [0.717, 1.165) is 11.3 Å². The molecule has 18 heavy (non-hydrogen) atoms. The van der Waals surface area contributed by atoms with Crippen LogP contribution in [-0.4, -0.2) is 16.0 Å². The van der Waals surface area contributed by atoms with E-state index < -0.39 is 0 Å². The van der Waals surface area contributed by atoms with Crippen molar-refractivity contribution in [1.29, 1.82) is 5.41 Å². The number of aromatic nitrogens is 2. The number of benzene rings is 1. The standard InChI is InChI=1S/C13H15N5/c1-9-12(10(7-14)8-15)17-18(13(9)16)11-5-3-2-4-6-11/h2-8,14H,15-16H2,1H3/b10-8+,14-7?. The molecule has 0 aliphatic heterocycles. The number of rotatable bonds is 3. The van der Waals surface area contributed by atoms with E-state index in [2.05, 4.69) is 5.10 Å². The topological polar surface area (TPSA) is 93.7 Å². The molecule has 2 rings (SSSR count). The van der Waals surface area contributed by atoms with E-state index in [1.54, 1.807) is 4.68 Å². The largest absolute Gasteiger partial charge is 0.404 e. The van der Waals surface area contributed by atoms with Gasteiger partial charge in [-0.2, -0.15) is 5.10 Å². The molecule has 0 bridgehead atoms. The normalized spacial score (nSPS) is 11.5. The van der Waals surface area contributed by atoms with Crippen LogP contribution >= 0.6 is 0 Å². The molecule has 5 nitrogen and oxygen atoms in total. The van der Waals surface area contributed by atoms with Gasteiger partial charge in [0.05, 0.1) is 5.69 Å². The number of allylic oxidation sites excluding steroid dienone is 1. The van der Waals surface area contributed by atoms with Gasteiger partial charge in [-0.05, 0) is 19.1 Å². The van der Waals surface area contributed by atoms with Crippen molar-refractivity contribution in [1.82, 2.24) is 9.78 Å². The summed E-state index contributed by atoms with van der Waals surface area (Å²) >= 11 is 0. The van der Waals surface area contributed by atoms with Gasteiger partial charge in [-0.25, -0.2) is 4.68 Å². The van der Waals surface area contributed by atoms with Crippen LogP contribution in [0.4, 0.5) is 5.82 Å². The number of nitrogens with one attached hydrogen (secondary N) is 1. The minimum atomic E-state index is 0.550. The Bertz CT molecular complexity index is 595. The third kappa shape index (κ3) is 1.86. The van der Waals surface area contributed by atoms with Crippen molar-refractivity contribution in [2.45, 2.75) is 6.92 Å². The summed E-state index contributed by atoms with van der Waals surface area (Å²) in [6.45, 7) is 1.87. The van der Waals surface area contributed by atoms with Gasteiger partial charge in [0.1, 0.15) is 11.5 Å². The molecule has 2 aromatic rings. The molecule has 5 heteroatoms. The summed E-state index contributed by atoms with van der Waals surface area (Å²) in [4.78, 5) is 0. The minimum absolute atomic E-state index is 0.550. The molecule has 0 radical (unpaired) electrons. The Labute approximate surface area is 105 Å². The summed E-state index contributed by atoms with van der Waals surface area (Å²) < 4.78 is 1.65. The maximum Gasteiger partial charge on any atom is 0.130 e. The lowest BCUT2D eigenvalue weighted by Gasteiger charge is -2.02. The van der Waals surface area contributed by atoms with E-state index in [-0.39, 0.29) is 0 Å². The number of hydrogen-bond donors (Lipinski definition) is 3. The first kappa shape index (κ1) is 11.9. The quantitative estimate of drug-likeness (QED) is 0.714. The number of anilines is 1. The second-order valence-corrected chi connectivity index (χ2v) is 3.87. The molecule has 0 spiro atoms. The molecular weight excluding hydrogens is 226 g/mol. The molecule has 1 aromatic carbocycles. The Hall–Kier alpha value is -2.56. The van der Waals surface area contributed by atoms with Gasteiger partial charge in [0.2, 0.25) is 0 Å². The first-order valence-corrected chi connectivity index (χ1v) is 5.52. The lowest BCUT2D eigenvalue weighted by molar-refractivity contribution is 0.885. The summed E-state index contributed by atoms with van der Waals surface area (Å²) in [5, 5.41) is 11.7. The van der Waals surface area contributed by atoms with Crippen LogP contribution < -0.4 is 11.5 Å². The van der Waals surface area contributed by atoms with Gasteiger partial charge < -0.3 is 16.9 Å². The third-order valence-corrected chi connectivity index (χ3v) is 2.78. The molecule has 0 amide bonds. The van der Waals surface area contributed by atoms with Crippen molar-refractivity contribution in [3.8, 4) is 5.69 Å². The molecule has 1 heterocycles. The molecule has 0 atom stereocenters. The van der Waals surface area contributed by atoms with Crippen molar-refractivity contribution >= 4 is 17.6 Å². The fourth-order valence-corrected chi connectivity index (χ4v) is 1.74. The molecular formula is C13H15N5. The van der Waals surface area contributed by atoms with Crippen LogP contribution in [0.1, 0.15) is 11.3 Å². The summed E-state index contributed by atoms with van der Waals surface area (Å²) in [6, 6.07) is 9.61. The Balaban J connectivity index is 2.60. The molecule has 0 fully saturated rings. The smallest absolute Gasteiger partial charge is 0.130 e. The predicted octanol–water partition coefficient (Wildman–Crippen LogP) is 1.71. The highest BCUT2D eigenvalue weighted by atomic mass is 15.3. The summed E-state index contributed by atoms with van der Waals surface area (Å²) in [5.74, 6) is 0.553. The Morgan fingerprint density at radius 1 is 1.33 bits per heavy atom. The van der Waals surface area contributed by atoms with Crippen LogP contribution in [0.5, 0.6) is 0 Å². The van der Waals surface area contributed by atoms with Crippen molar-refractivity contribution in [3.05, 3.63) is 47.8 Å². The van der Waals surface area contributed by atoms with Gasteiger partial charge in [0.25, 0.3) is 0 Å². The van der Waals surface area contributed by atoms with Crippen LogP contribution in [0.25, 0.3) is 11.3 Å². The average Bonchev–Trinajstić information content (AvgIpc) is 2.70. The summed E-state index contributed by atoms with van der Waals surface area (Å²) in [5.41, 5.74) is 14.4. The maximum absolute atomic E-state index is 7.32. The van der Waals surface area contributed by atoms with E-state index >= 15 is 0 Å². The van der Waals surface area contributed by atoms with E-state index in [0.29, 0.717) is 17.1 Å². The van der Waals surface area contributed by atoms with Gasteiger partial charge >= 0.3 is 0 Å². The number of nitrogen functional groups attached to an aromatic ring is 1. The third-order valence-electron chi connectivity index (χ3n) is 2.78. The highest BCUT2D eigenvalue weighted by molar-refractivity contribution is 6.08. The van der Waals surface area contributed by atoms with Crippen LogP contribution in [0.2, 0.25) is 0 Å². The fourth-order valence-electron chi connectivity index (χ4n) is 1.74. The monoisotopic (exact) mass is 241 g/mol. The Morgan fingerprint density at radius 3 is 2.56 bits per heavy atom. The zero-order valence-corrected chi connectivity index (χ0v) is 10.1. The van der Waals surface area contributed by atoms with Crippen molar-refractivity contribution in [2.75, 3.05) is 5.73 Å². The van der Waals surface area contributed by atoms with Gasteiger partial charge in [-0.1, -0.05) is 18.2 Å². The highest BCUT2D eigenvalue weighted by Gasteiger charge is 2.14. The summed E-state index contributed by atoms with van der Waals surface area (Å²) in [6.07, 6.45) is 2.53. The van der Waals surface area contributed by atoms with E-state index in [9.17, 15) is 0 Å². The highest BCUT2D eigenvalue weighted by Crippen LogP contribution is 2.24. The molecule has 0 saturated carbocycles. The van der Waals surface area contributed by atoms with E-state index in [1.165, 1.54) is 12.4 Å². The van der Waals surface area contributed by atoms with Crippen molar-refractivity contribution < 1.29 is 0 Å².